The lowest BCUT2D eigenvalue weighted by molar-refractivity contribution is 0.474. The van der Waals surface area contributed by atoms with E-state index in [0.29, 0.717) is 10.7 Å². The van der Waals surface area contributed by atoms with Gasteiger partial charge >= 0.3 is 0 Å². The maximum absolute atomic E-state index is 9.47. The minimum Gasteiger partial charge on any atom is -0.507 e. The molecule has 2 aromatic rings. The van der Waals surface area contributed by atoms with E-state index in [1.54, 1.807) is 18.2 Å². The summed E-state index contributed by atoms with van der Waals surface area (Å²) in [5, 5.41) is 22.6. The number of rotatable bonds is 3. The van der Waals surface area contributed by atoms with Gasteiger partial charge in [0, 0.05) is 5.56 Å². The third-order valence-corrected chi connectivity index (χ3v) is 2.57. The molecule has 0 amide bonds. The molecule has 16 heavy (non-hydrogen) atoms. The second-order valence-corrected chi connectivity index (χ2v) is 4.24. The van der Waals surface area contributed by atoms with Crippen LogP contribution in [0.3, 0.4) is 0 Å². The van der Waals surface area contributed by atoms with Gasteiger partial charge in [-0.15, -0.1) is 10.2 Å². The molecule has 2 N–H and O–H groups in total. The number of benzene rings is 1. The highest BCUT2D eigenvalue weighted by Gasteiger charge is 1.97. The first-order chi connectivity index (χ1) is 7.75. The Balaban J connectivity index is 2.03. The Labute approximate surface area is 96.5 Å². The number of nitrogens with zero attached hydrogens (tertiary/aromatic N) is 3. The maximum Gasteiger partial charge on any atom is 0.225 e. The van der Waals surface area contributed by atoms with Crippen molar-refractivity contribution in [1.29, 1.82) is 0 Å². The van der Waals surface area contributed by atoms with Crippen LogP contribution in [0.1, 0.15) is 10.6 Å². The van der Waals surface area contributed by atoms with Gasteiger partial charge in [0.2, 0.25) is 5.13 Å². The lowest BCUT2D eigenvalue weighted by Crippen LogP contribution is -1.90. The first-order valence-electron chi connectivity index (χ1n) is 4.63. The van der Waals surface area contributed by atoms with Gasteiger partial charge in [-0.2, -0.15) is 5.10 Å². The Bertz CT molecular complexity index is 509. The maximum atomic E-state index is 9.47. The van der Waals surface area contributed by atoms with E-state index in [0.717, 1.165) is 5.01 Å². The average Bonchev–Trinajstić information content (AvgIpc) is 2.67. The molecular weight excluding hydrogens is 224 g/mol. The van der Waals surface area contributed by atoms with Crippen molar-refractivity contribution in [3.05, 3.63) is 34.8 Å². The fourth-order valence-corrected chi connectivity index (χ4v) is 1.64. The Morgan fingerprint density at radius 1 is 1.38 bits per heavy atom. The normalized spacial score (nSPS) is 10.8. The van der Waals surface area contributed by atoms with Crippen LogP contribution in [-0.2, 0) is 0 Å². The fraction of sp³-hybridized carbons (Fsp3) is 0.100. The van der Waals surface area contributed by atoms with E-state index in [1.807, 2.05) is 13.0 Å². The first kappa shape index (κ1) is 10.6. The standard InChI is InChI=1S/C10H10N4OS/c1-7-12-14-10(16-7)13-11-6-8-4-2-3-5-9(8)15/h2-6,15H,1H3,(H,13,14)/b11-6-. The molecule has 6 heteroatoms. The van der Waals surface area contributed by atoms with E-state index in [1.165, 1.54) is 17.6 Å². The molecule has 82 valence electrons. The van der Waals surface area contributed by atoms with Crippen molar-refractivity contribution >= 4 is 22.7 Å². The zero-order valence-electron chi connectivity index (χ0n) is 8.58. The highest BCUT2D eigenvalue weighted by molar-refractivity contribution is 7.15. The first-order valence-corrected chi connectivity index (χ1v) is 5.44. The van der Waals surface area contributed by atoms with Gasteiger partial charge in [-0.05, 0) is 19.1 Å². The lowest BCUT2D eigenvalue weighted by Gasteiger charge is -1.96. The molecule has 0 spiro atoms. The van der Waals surface area contributed by atoms with Gasteiger partial charge in [0.1, 0.15) is 10.8 Å². The average molecular weight is 234 g/mol. The topological polar surface area (TPSA) is 70.4 Å². The molecule has 1 heterocycles. The van der Waals surface area contributed by atoms with Crippen LogP contribution < -0.4 is 5.43 Å². The van der Waals surface area contributed by atoms with E-state index in [-0.39, 0.29) is 5.75 Å². The minimum atomic E-state index is 0.196. The summed E-state index contributed by atoms with van der Waals surface area (Å²) in [4.78, 5) is 0. The highest BCUT2D eigenvalue weighted by Crippen LogP contribution is 2.15. The Morgan fingerprint density at radius 2 is 2.19 bits per heavy atom. The number of anilines is 1. The van der Waals surface area contributed by atoms with E-state index >= 15 is 0 Å². The van der Waals surface area contributed by atoms with Crippen molar-refractivity contribution < 1.29 is 5.11 Å². The number of phenols is 1. The van der Waals surface area contributed by atoms with Gasteiger partial charge in [0.05, 0.1) is 6.21 Å². The molecule has 1 aromatic carbocycles. The van der Waals surface area contributed by atoms with Gasteiger partial charge in [0.25, 0.3) is 0 Å². The number of para-hydroxylation sites is 1. The molecule has 0 radical (unpaired) electrons. The lowest BCUT2D eigenvalue weighted by atomic mass is 10.2. The number of hydrogen-bond donors (Lipinski definition) is 2. The predicted octanol–water partition coefficient (Wildman–Crippen LogP) is 2.00. The Morgan fingerprint density at radius 3 is 2.88 bits per heavy atom. The van der Waals surface area contributed by atoms with Gasteiger partial charge in [0.15, 0.2) is 0 Å². The van der Waals surface area contributed by atoms with Crippen molar-refractivity contribution in [2.45, 2.75) is 6.92 Å². The molecule has 0 atom stereocenters. The molecule has 0 saturated carbocycles. The van der Waals surface area contributed by atoms with Gasteiger partial charge in [-0.1, -0.05) is 23.5 Å². The number of nitrogens with one attached hydrogen (secondary N) is 1. The van der Waals surface area contributed by atoms with Crippen LogP contribution in [0.15, 0.2) is 29.4 Å². The van der Waals surface area contributed by atoms with Crippen molar-refractivity contribution in [2.24, 2.45) is 5.10 Å². The number of hydrazone groups is 1. The molecular formula is C10H10N4OS. The zero-order chi connectivity index (χ0) is 11.4. The quantitative estimate of drug-likeness (QED) is 0.629. The number of aromatic hydroxyl groups is 1. The third kappa shape index (κ3) is 2.54. The largest absolute Gasteiger partial charge is 0.507 e. The van der Waals surface area contributed by atoms with Crippen LogP contribution in [0.4, 0.5) is 5.13 Å². The van der Waals surface area contributed by atoms with E-state index in [9.17, 15) is 5.11 Å². The minimum absolute atomic E-state index is 0.196. The number of hydrogen-bond acceptors (Lipinski definition) is 6. The molecule has 1 aromatic heterocycles. The summed E-state index contributed by atoms with van der Waals surface area (Å²) in [6, 6.07) is 6.96. The molecule has 0 aliphatic rings. The van der Waals surface area contributed by atoms with E-state index in [2.05, 4.69) is 20.7 Å². The van der Waals surface area contributed by atoms with Crippen molar-refractivity contribution in [3.8, 4) is 5.75 Å². The second kappa shape index (κ2) is 4.71. The summed E-state index contributed by atoms with van der Waals surface area (Å²) < 4.78 is 0. The number of aryl methyl sites for hydroxylation is 1. The summed E-state index contributed by atoms with van der Waals surface area (Å²) in [6.07, 6.45) is 1.53. The summed E-state index contributed by atoms with van der Waals surface area (Å²) in [6.45, 7) is 1.87. The predicted molar refractivity (Wildman–Crippen MR) is 64.0 cm³/mol. The number of phenolic OH excluding ortho intramolecular Hbond substituents is 1. The van der Waals surface area contributed by atoms with Crippen LogP contribution in [0.2, 0.25) is 0 Å². The number of aromatic nitrogens is 2. The smallest absolute Gasteiger partial charge is 0.225 e. The van der Waals surface area contributed by atoms with Crippen molar-refractivity contribution in [2.75, 3.05) is 5.43 Å². The van der Waals surface area contributed by atoms with Crippen LogP contribution in [0, 0.1) is 6.92 Å². The van der Waals surface area contributed by atoms with E-state index in [4.69, 9.17) is 0 Å². The van der Waals surface area contributed by atoms with Crippen molar-refractivity contribution in [1.82, 2.24) is 10.2 Å². The molecule has 0 bridgehead atoms. The van der Waals surface area contributed by atoms with Crippen LogP contribution >= 0.6 is 11.3 Å². The highest BCUT2D eigenvalue weighted by atomic mass is 32.1. The summed E-state index contributed by atoms with van der Waals surface area (Å²) in [5.41, 5.74) is 3.39. The van der Waals surface area contributed by atoms with E-state index < -0.39 is 0 Å². The summed E-state index contributed by atoms with van der Waals surface area (Å²) >= 11 is 1.42. The van der Waals surface area contributed by atoms with Crippen LogP contribution in [0.25, 0.3) is 0 Å². The third-order valence-electron chi connectivity index (χ3n) is 1.83. The van der Waals surface area contributed by atoms with Crippen LogP contribution in [-0.4, -0.2) is 21.5 Å². The Hall–Kier alpha value is -1.95. The van der Waals surface area contributed by atoms with Crippen molar-refractivity contribution in [3.63, 3.8) is 0 Å². The van der Waals surface area contributed by atoms with Crippen LogP contribution in [0.5, 0.6) is 5.75 Å². The molecule has 0 fully saturated rings. The summed E-state index contributed by atoms with van der Waals surface area (Å²) in [5.74, 6) is 0.196. The summed E-state index contributed by atoms with van der Waals surface area (Å²) in [7, 11) is 0. The fourth-order valence-electron chi connectivity index (χ4n) is 1.10. The second-order valence-electron chi connectivity index (χ2n) is 3.06. The monoisotopic (exact) mass is 234 g/mol. The molecule has 0 unspecified atom stereocenters. The molecule has 0 aliphatic carbocycles. The molecule has 0 aliphatic heterocycles. The van der Waals surface area contributed by atoms with Gasteiger partial charge < -0.3 is 5.11 Å². The SMILES string of the molecule is Cc1nnc(N/N=C\c2ccccc2O)s1. The van der Waals surface area contributed by atoms with Gasteiger partial charge in [-0.25, -0.2) is 0 Å². The zero-order valence-corrected chi connectivity index (χ0v) is 9.40. The van der Waals surface area contributed by atoms with Gasteiger partial charge in [-0.3, -0.25) is 5.43 Å². The molecule has 5 nitrogen and oxygen atoms in total. The molecule has 2 rings (SSSR count). The Kier molecular flexibility index (Phi) is 3.11. The molecule has 0 saturated heterocycles.